The summed E-state index contributed by atoms with van der Waals surface area (Å²) in [5.74, 6) is -0.181. The Balaban J connectivity index is 2.39. The number of nitrogens with one attached hydrogen (secondary N) is 1. The zero-order valence-electron chi connectivity index (χ0n) is 9.09. The van der Waals surface area contributed by atoms with Crippen molar-refractivity contribution in [1.82, 2.24) is 5.32 Å². The Labute approximate surface area is 96.5 Å². The van der Waals surface area contributed by atoms with Crippen LogP contribution in [-0.4, -0.2) is 24.3 Å². The lowest BCUT2D eigenvalue weighted by Crippen LogP contribution is -2.39. The van der Waals surface area contributed by atoms with Crippen LogP contribution < -0.4 is 5.32 Å². The first-order valence-electron chi connectivity index (χ1n) is 5.18. The molecule has 0 radical (unpaired) electrons. The summed E-state index contributed by atoms with van der Waals surface area (Å²) in [7, 11) is -3.83. The minimum Gasteiger partial charge on any atom is -0.379 e. The van der Waals surface area contributed by atoms with Gasteiger partial charge >= 0.3 is 0 Å². The summed E-state index contributed by atoms with van der Waals surface area (Å²) < 4.78 is 29.6. The Morgan fingerprint density at radius 3 is 2.62 bits per heavy atom. The molecule has 0 aromatic carbocycles. The molecular weight excluding hydrogens is 226 g/mol. The number of dihydropyridines is 1. The van der Waals surface area contributed by atoms with Gasteiger partial charge in [-0.05, 0) is 31.5 Å². The molecule has 0 aliphatic carbocycles. The number of hydrogen-bond acceptors (Lipinski definition) is 3. The third-order valence-corrected chi connectivity index (χ3v) is 3.36. The summed E-state index contributed by atoms with van der Waals surface area (Å²) >= 11 is 0. The van der Waals surface area contributed by atoms with Crippen molar-refractivity contribution < 1.29 is 13.0 Å². The van der Waals surface area contributed by atoms with E-state index in [4.69, 9.17) is 4.55 Å². The quantitative estimate of drug-likeness (QED) is 0.423. The minimum absolute atomic E-state index is 0.181. The van der Waals surface area contributed by atoms with Crippen LogP contribution in [0.5, 0.6) is 0 Å². The van der Waals surface area contributed by atoms with Crippen molar-refractivity contribution in [2.24, 2.45) is 0 Å². The normalized spacial score (nSPS) is 24.1. The Hall–Kier alpha value is -1.07. The van der Waals surface area contributed by atoms with Crippen LogP contribution in [0.4, 0.5) is 0 Å². The second kappa shape index (κ2) is 5.32. The molecule has 0 aromatic rings. The van der Waals surface area contributed by atoms with Crippen LogP contribution in [0.3, 0.4) is 0 Å². The van der Waals surface area contributed by atoms with Crippen molar-refractivity contribution >= 4 is 10.1 Å². The van der Waals surface area contributed by atoms with E-state index >= 15 is 0 Å². The van der Waals surface area contributed by atoms with E-state index in [1.54, 1.807) is 6.08 Å². The number of rotatable bonds is 6. The molecule has 0 amide bonds. The highest BCUT2D eigenvalue weighted by Gasteiger charge is 2.22. The first-order valence-corrected chi connectivity index (χ1v) is 6.79. The molecule has 1 heterocycles. The molecule has 1 rings (SSSR count). The standard InChI is InChI=1S/C11H17NO3S/c1-2-11(7-3-5-9-12-11)8-4-6-10-16(13,14)15/h2-3,5,7,9,12H,1,4,6,8,10H2,(H,13,14,15). The first kappa shape index (κ1) is 13.0. The molecule has 0 saturated carbocycles. The van der Waals surface area contributed by atoms with E-state index in [1.807, 2.05) is 24.4 Å². The van der Waals surface area contributed by atoms with Crippen LogP contribution >= 0.6 is 0 Å². The summed E-state index contributed by atoms with van der Waals surface area (Å²) in [6.07, 6.45) is 11.4. The monoisotopic (exact) mass is 243 g/mol. The van der Waals surface area contributed by atoms with Gasteiger partial charge in [0.15, 0.2) is 0 Å². The molecule has 0 aromatic heterocycles. The predicted octanol–water partition coefficient (Wildman–Crippen LogP) is 1.64. The van der Waals surface area contributed by atoms with Gasteiger partial charge in [-0.15, -0.1) is 6.58 Å². The smallest absolute Gasteiger partial charge is 0.264 e. The predicted molar refractivity (Wildman–Crippen MR) is 64.6 cm³/mol. The van der Waals surface area contributed by atoms with Crippen molar-refractivity contribution in [3.8, 4) is 0 Å². The first-order chi connectivity index (χ1) is 7.47. The fourth-order valence-corrected chi connectivity index (χ4v) is 2.19. The molecule has 5 heteroatoms. The van der Waals surface area contributed by atoms with E-state index < -0.39 is 10.1 Å². The molecule has 0 bridgehead atoms. The maximum absolute atomic E-state index is 10.5. The topological polar surface area (TPSA) is 66.4 Å². The molecule has 4 nitrogen and oxygen atoms in total. The van der Waals surface area contributed by atoms with Crippen molar-refractivity contribution in [3.63, 3.8) is 0 Å². The Morgan fingerprint density at radius 2 is 2.12 bits per heavy atom. The molecule has 1 aliphatic rings. The van der Waals surface area contributed by atoms with Crippen LogP contribution in [0.1, 0.15) is 19.3 Å². The Morgan fingerprint density at radius 1 is 1.38 bits per heavy atom. The van der Waals surface area contributed by atoms with E-state index in [2.05, 4.69) is 11.9 Å². The molecule has 16 heavy (non-hydrogen) atoms. The number of hydrogen-bond donors (Lipinski definition) is 2. The van der Waals surface area contributed by atoms with Crippen LogP contribution in [0.2, 0.25) is 0 Å². The van der Waals surface area contributed by atoms with Gasteiger partial charge in [-0.3, -0.25) is 4.55 Å². The van der Waals surface area contributed by atoms with Gasteiger partial charge in [0.2, 0.25) is 0 Å². The van der Waals surface area contributed by atoms with Gasteiger partial charge in [-0.25, -0.2) is 0 Å². The fourth-order valence-electron chi connectivity index (χ4n) is 1.62. The molecule has 0 fully saturated rings. The highest BCUT2D eigenvalue weighted by Crippen LogP contribution is 2.20. The van der Waals surface area contributed by atoms with Crippen LogP contribution in [0, 0.1) is 0 Å². The van der Waals surface area contributed by atoms with E-state index in [9.17, 15) is 8.42 Å². The van der Waals surface area contributed by atoms with Gasteiger partial charge in [-0.2, -0.15) is 8.42 Å². The Bertz CT molecular complexity index is 397. The molecule has 1 atom stereocenters. The van der Waals surface area contributed by atoms with Crippen molar-refractivity contribution in [2.75, 3.05) is 5.75 Å². The zero-order valence-corrected chi connectivity index (χ0v) is 9.91. The van der Waals surface area contributed by atoms with Gasteiger partial charge < -0.3 is 5.32 Å². The summed E-state index contributed by atoms with van der Waals surface area (Å²) in [4.78, 5) is 0. The molecule has 1 unspecified atom stereocenters. The lowest BCUT2D eigenvalue weighted by molar-refractivity contribution is 0.466. The van der Waals surface area contributed by atoms with E-state index in [1.165, 1.54) is 0 Å². The fraction of sp³-hybridized carbons (Fsp3) is 0.455. The van der Waals surface area contributed by atoms with Crippen LogP contribution in [-0.2, 0) is 10.1 Å². The third-order valence-electron chi connectivity index (χ3n) is 2.56. The van der Waals surface area contributed by atoms with Gasteiger partial charge in [0.25, 0.3) is 10.1 Å². The highest BCUT2D eigenvalue weighted by atomic mass is 32.2. The van der Waals surface area contributed by atoms with Gasteiger partial charge in [0.05, 0.1) is 11.3 Å². The minimum atomic E-state index is -3.83. The lowest BCUT2D eigenvalue weighted by atomic mass is 9.91. The van der Waals surface area contributed by atoms with Crippen LogP contribution in [0.25, 0.3) is 0 Å². The second-order valence-electron chi connectivity index (χ2n) is 3.85. The second-order valence-corrected chi connectivity index (χ2v) is 5.42. The maximum atomic E-state index is 10.5. The van der Waals surface area contributed by atoms with E-state index in [0.717, 1.165) is 6.42 Å². The van der Waals surface area contributed by atoms with E-state index in [0.29, 0.717) is 12.8 Å². The third kappa shape index (κ3) is 4.20. The number of allylic oxidation sites excluding steroid dienone is 2. The van der Waals surface area contributed by atoms with E-state index in [-0.39, 0.29) is 11.3 Å². The highest BCUT2D eigenvalue weighted by molar-refractivity contribution is 7.85. The molecule has 0 spiro atoms. The average molecular weight is 243 g/mol. The maximum Gasteiger partial charge on any atom is 0.264 e. The van der Waals surface area contributed by atoms with Gasteiger partial charge in [0, 0.05) is 0 Å². The Kier molecular flexibility index (Phi) is 4.32. The molecule has 0 saturated heterocycles. The average Bonchev–Trinajstić information content (AvgIpc) is 2.25. The van der Waals surface area contributed by atoms with Crippen LogP contribution in [0.15, 0.2) is 37.1 Å². The molecule has 90 valence electrons. The SMILES string of the molecule is C=CC1(CCCCS(=O)(=O)O)C=CC=CN1. The summed E-state index contributed by atoms with van der Waals surface area (Å²) in [6.45, 7) is 3.77. The van der Waals surface area contributed by atoms with Gasteiger partial charge in [-0.1, -0.05) is 18.2 Å². The van der Waals surface area contributed by atoms with Crippen molar-refractivity contribution in [2.45, 2.75) is 24.8 Å². The summed E-state index contributed by atoms with van der Waals surface area (Å²) in [5.41, 5.74) is -0.284. The molecular formula is C11H17NO3S. The lowest BCUT2D eigenvalue weighted by Gasteiger charge is -2.29. The van der Waals surface area contributed by atoms with Crippen molar-refractivity contribution in [3.05, 3.63) is 37.1 Å². The van der Waals surface area contributed by atoms with Gasteiger partial charge in [0.1, 0.15) is 0 Å². The zero-order chi connectivity index (χ0) is 12.1. The number of unbranched alkanes of at least 4 members (excludes halogenated alkanes) is 1. The molecule has 1 aliphatic heterocycles. The summed E-state index contributed by atoms with van der Waals surface area (Å²) in [6, 6.07) is 0. The summed E-state index contributed by atoms with van der Waals surface area (Å²) in [5, 5.41) is 3.18. The van der Waals surface area contributed by atoms with Crippen molar-refractivity contribution in [1.29, 1.82) is 0 Å². The largest absolute Gasteiger partial charge is 0.379 e. The molecule has 2 N–H and O–H groups in total.